The summed E-state index contributed by atoms with van der Waals surface area (Å²) in [6, 6.07) is 7.97. The summed E-state index contributed by atoms with van der Waals surface area (Å²) in [5.74, 6) is 0.525. The number of amides is 1. The summed E-state index contributed by atoms with van der Waals surface area (Å²) in [5.41, 5.74) is 2.11. The van der Waals surface area contributed by atoms with Gasteiger partial charge in [0.15, 0.2) is 0 Å². The quantitative estimate of drug-likeness (QED) is 0.766. The molecule has 1 amide bonds. The van der Waals surface area contributed by atoms with E-state index < -0.39 is 0 Å². The van der Waals surface area contributed by atoms with Gasteiger partial charge in [-0.3, -0.25) is 4.79 Å². The highest BCUT2D eigenvalue weighted by Gasteiger charge is 2.20. The van der Waals surface area contributed by atoms with Gasteiger partial charge in [-0.15, -0.1) is 0 Å². The van der Waals surface area contributed by atoms with Crippen molar-refractivity contribution in [3.05, 3.63) is 29.8 Å². The van der Waals surface area contributed by atoms with E-state index in [1.807, 2.05) is 18.2 Å². The lowest BCUT2D eigenvalue weighted by Gasteiger charge is -2.25. The summed E-state index contributed by atoms with van der Waals surface area (Å²) >= 11 is 0. The van der Waals surface area contributed by atoms with E-state index in [2.05, 4.69) is 11.4 Å². The minimum Gasteiger partial charge on any atom is -0.393 e. The summed E-state index contributed by atoms with van der Waals surface area (Å²) in [6.07, 6.45) is 4.42. The Hall–Kier alpha value is -1.35. The molecule has 86 valence electrons. The van der Waals surface area contributed by atoms with Crippen molar-refractivity contribution in [3.63, 3.8) is 0 Å². The molecule has 0 bridgehead atoms. The van der Waals surface area contributed by atoms with Crippen LogP contribution in [-0.4, -0.2) is 17.6 Å². The second-order valence-corrected chi connectivity index (χ2v) is 4.39. The third-order valence-electron chi connectivity index (χ3n) is 3.28. The van der Waals surface area contributed by atoms with Crippen LogP contribution >= 0.6 is 0 Å². The van der Waals surface area contributed by atoms with Crippen LogP contribution in [-0.2, 0) is 4.79 Å². The number of anilines is 1. The van der Waals surface area contributed by atoms with E-state index in [4.69, 9.17) is 0 Å². The second-order valence-electron chi connectivity index (χ2n) is 4.39. The van der Waals surface area contributed by atoms with Gasteiger partial charge in [0.25, 0.3) is 0 Å². The molecular formula is C13H17NO2. The lowest BCUT2D eigenvalue weighted by atomic mass is 9.83. The van der Waals surface area contributed by atoms with Crippen LogP contribution < -0.4 is 5.32 Å². The zero-order valence-electron chi connectivity index (χ0n) is 9.23. The van der Waals surface area contributed by atoms with E-state index >= 15 is 0 Å². The molecule has 1 aliphatic rings. The molecule has 3 nitrogen and oxygen atoms in total. The maximum absolute atomic E-state index is 10.4. The maximum atomic E-state index is 10.4. The van der Waals surface area contributed by atoms with Crippen molar-refractivity contribution in [2.75, 3.05) is 5.32 Å². The third-order valence-corrected chi connectivity index (χ3v) is 3.28. The molecule has 3 heteroatoms. The Morgan fingerprint density at radius 1 is 1.25 bits per heavy atom. The van der Waals surface area contributed by atoms with Crippen molar-refractivity contribution in [3.8, 4) is 0 Å². The summed E-state index contributed by atoms with van der Waals surface area (Å²) in [5, 5.41) is 12.1. The number of aliphatic hydroxyl groups excluding tert-OH is 1. The van der Waals surface area contributed by atoms with Gasteiger partial charge in [0, 0.05) is 5.69 Å². The summed E-state index contributed by atoms with van der Waals surface area (Å²) in [7, 11) is 0. The van der Waals surface area contributed by atoms with Crippen LogP contribution in [0.15, 0.2) is 24.3 Å². The minimum atomic E-state index is -0.118. The SMILES string of the molecule is O=CNc1cccc(C2CCC(O)CC2)c1. The van der Waals surface area contributed by atoms with Crippen molar-refractivity contribution >= 4 is 12.1 Å². The molecule has 0 saturated heterocycles. The molecule has 0 heterocycles. The molecule has 0 unspecified atom stereocenters. The van der Waals surface area contributed by atoms with Gasteiger partial charge in [-0.05, 0) is 49.3 Å². The molecule has 0 atom stereocenters. The smallest absolute Gasteiger partial charge is 0.211 e. The van der Waals surface area contributed by atoms with Gasteiger partial charge in [-0.25, -0.2) is 0 Å². The minimum absolute atomic E-state index is 0.118. The fraction of sp³-hybridized carbons (Fsp3) is 0.462. The Balaban J connectivity index is 2.08. The van der Waals surface area contributed by atoms with Crippen molar-refractivity contribution in [1.82, 2.24) is 0 Å². The van der Waals surface area contributed by atoms with Crippen LogP contribution in [0.2, 0.25) is 0 Å². The van der Waals surface area contributed by atoms with E-state index in [1.165, 1.54) is 5.56 Å². The number of carbonyl (C=O) groups is 1. The molecule has 1 aromatic carbocycles. The Morgan fingerprint density at radius 2 is 2.00 bits per heavy atom. The van der Waals surface area contributed by atoms with Gasteiger partial charge in [-0.1, -0.05) is 12.1 Å². The van der Waals surface area contributed by atoms with Gasteiger partial charge >= 0.3 is 0 Å². The summed E-state index contributed by atoms with van der Waals surface area (Å²) < 4.78 is 0. The number of hydrogen-bond donors (Lipinski definition) is 2. The van der Waals surface area contributed by atoms with Gasteiger partial charge in [0.2, 0.25) is 6.41 Å². The predicted molar refractivity (Wildman–Crippen MR) is 63.3 cm³/mol. The molecule has 16 heavy (non-hydrogen) atoms. The van der Waals surface area contributed by atoms with Crippen molar-refractivity contribution in [1.29, 1.82) is 0 Å². The number of nitrogens with one attached hydrogen (secondary N) is 1. The first-order chi connectivity index (χ1) is 7.79. The summed E-state index contributed by atoms with van der Waals surface area (Å²) in [4.78, 5) is 10.4. The number of benzene rings is 1. The first-order valence-corrected chi connectivity index (χ1v) is 5.78. The molecular weight excluding hydrogens is 202 g/mol. The van der Waals surface area contributed by atoms with Crippen LogP contribution in [0.4, 0.5) is 5.69 Å². The number of hydrogen-bond acceptors (Lipinski definition) is 2. The Bertz CT molecular complexity index is 357. The fourth-order valence-corrected chi connectivity index (χ4v) is 2.36. The number of aliphatic hydroxyl groups is 1. The van der Waals surface area contributed by atoms with Gasteiger partial charge in [0.05, 0.1) is 6.10 Å². The molecule has 2 N–H and O–H groups in total. The third kappa shape index (κ3) is 2.61. The van der Waals surface area contributed by atoms with Crippen molar-refractivity contribution < 1.29 is 9.90 Å². The highest BCUT2D eigenvalue weighted by atomic mass is 16.3. The molecule has 0 radical (unpaired) electrons. The molecule has 0 spiro atoms. The molecule has 0 aliphatic heterocycles. The lowest BCUT2D eigenvalue weighted by Crippen LogP contribution is -2.17. The summed E-state index contributed by atoms with van der Waals surface area (Å²) in [6.45, 7) is 0. The molecule has 1 aliphatic carbocycles. The first-order valence-electron chi connectivity index (χ1n) is 5.78. The monoisotopic (exact) mass is 219 g/mol. The standard InChI is InChI=1S/C13H17NO2/c15-9-14-12-3-1-2-11(8-12)10-4-6-13(16)7-5-10/h1-3,8-10,13,16H,4-7H2,(H,14,15). The van der Waals surface area contributed by atoms with Crippen LogP contribution in [0.25, 0.3) is 0 Å². The van der Waals surface area contributed by atoms with Crippen LogP contribution in [0.1, 0.15) is 37.2 Å². The predicted octanol–water partition coefficient (Wildman–Crippen LogP) is 2.27. The average molecular weight is 219 g/mol. The largest absolute Gasteiger partial charge is 0.393 e. The molecule has 1 aromatic rings. The molecule has 0 aromatic heterocycles. The maximum Gasteiger partial charge on any atom is 0.211 e. The zero-order chi connectivity index (χ0) is 11.4. The highest BCUT2D eigenvalue weighted by Crippen LogP contribution is 2.33. The molecule has 1 saturated carbocycles. The van der Waals surface area contributed by atoms with E-state index in [0.29, 0.717) is 12.3 Å². The Morgan fingerprint density at radius 3 is 2.69 bits per heavy atom. The van der Waals surface area contributed by atoms with Crippen LogP contribution in [0.5, 0.6) is 0 Å². The van der Waals surface area contributed by atoms with Crippen LogP contribution in [0, 0.1) is 0 Å². The van der Waals surface area contributed by atoms with Gasteiger partial charge in [-0.2, -0.15) is 0 Å². The van der Waals surface area contributed by atoms with Crippen molar-refractivity contribution in [2.24, 2.45) is 0 Å². The van der Waals surface area contributed by atoms with Crippen LogP contribution in [0.3, 0.4) is 0 Å². The average Bonchev–Trinajstić information content (AvgIpc) is 2.31. The highest BCUT2D eigenvalue weighted by molar-refractivity contribution is 5.71. The van der Waals surface area contributed by atoms with E-state index in [9.17, 15) is 9.90 Å². The Labute approximate surface area is 95.5 Å². The Kier molecular flexibility index (Phi) is 3.57. The molecule has 2 rings (SSSR count). The van der Waals surface area contributed by atoms with E-state index in [1.54, 1.807) is 0 Å². The zero-order valence-corrected chi connectivity index (χ0v) is 9.23. The topological polar surface area (TPSA) is 49.3 Å². The van der Waals surface area contributed by atoms with E-state index in [-0.39, 0.29) is 6.10 Å². The number of carbonyl (C=O) groups excluding carboxylic acids is 1. The van der Waals surface area contributed by atoms with Crippen molar-refractivity contribution in [2.45, 2.75) is 37.7 Å². The van der Waals surface area contributed by atoms with E-state index in [0.717, 1.165) is 31.4 Å². The fourth-order valence-electron chi connectivity index (χ4n) is 2.36. The number of rotatable bonds is 3. The first kappa shape index (κ1) is 11.1. The van der Waals surface area contributed by atoms with Gasteiger partial charge < -0.3 is 10.4 Å². The molecule has 1 fully saturated rings. The lowest BCUT2D eigenvalue weighted by molar-refractivity contribution is -0.105. The second kappa shape index (κ2) is 5.12. The normalized spacial score (nSPS) is 25.1. The van der Waals surface area contributed by atoms with Gasteiger partial charge in [0.1, 0.15) is 0 Å².